The smallest absolute Gasteiger partial charge is 0.234 e. The van der Waals surface area contributed by atoms with Gasteiger partial charge in [-0.3, -0.25) is 4.79 Å². The molecule has 1 fully saturated rings. The van der Waals surface area contributed by atoms with Crippen molar-refractivity contribution in [3.05, 3.63) is 41.2 Å². The Morgan fingerprint density at radius 3 is 2.37 bits per heavy atom. The number of carbonyl (C=O) groups is 1. The van der Waals surface area contributed by atoms with Gasteiger partial charge in [-0.05, 0) is 57.6 Å². The fraction of sp³-hybridized carbons (Fsp3) is 0.450. The number of likely N-dealkylation sites (N-methyl/N-ethyl adjacent to an activating group) is 1. The lowest BCUT2D eigenvalue weighted by molar-refractivity contribution is -0.113. The minimum absolute atomic E-state index is 0.0468. The third-order valence-corrected chi connectivity index (χ3v) is 5.47. The van der Waals surface area contributed by atoms with Crippen LogP contribution >= 0.6 is 11.8 Å². The molecule has 1 aliphatic rings. The second kappa shape index (κ2) is 8.71. The molecular weight excluding hydrogens is 358 g/mol. The Hall–Kier alpha value is -2.12. The number of carbonyl (C=O) groups excluding carboxylic acids is 1. The van der Waals surface area contributed by atoms with Gasteiger partial charge in [0.15, 0.2) is 5.16 Å². The highest BCUT2D eigenvalue weighted by Gasteiger charge is 2.16. The molecule has 27 heavy (non-hydrogen) atoms. The van der Waals surface area contributed by atoms with Crippen molar-refractivity contribution in [3.8, 4) is 0 Å². The summed E-state index contributed by atoms with van der Waals surface area (Å²) in [5.74, 6) is 0.247. The van der Waals surface area contributed by atoms with Crippen LogP contribution in [-0.2, 0) is 4.79 Å². The minimum atomic E-state index is -0.0468. The normalized spacial score (nSPS) is 15.0. The molecule has 1 aliphatic heterocycles. The van der Waals surface area contributed by atoms with E-state index >= 15 is 0 Å². The summed E-state index contributed by atoms with van der Waals surface area (Å²) < 4.78 is 0. The summed E-state index contributed by atoms with van der Waals surface area (Å²) in [5.41, 5.74) is 5.10. The largest absolute Gasteiger partial charge is 0.369 e. The van der Waals surface area contributed by atoms with Gasteiger partial charge in [-0.2, -0.15) is 0 Å². The first-order valence-corrected chi connectivity index (χ1v) is 10.2. The fourth-order valence-corrected chi connectivity index (χ4v) is 3.97. The average molecular weight is 386 g/mol. The van der Waals surface area contributed by atoms with E-state index in [2.05, 4.69) is 45.1 Å². The van der Waals surface area contributed by atoms with Crippen molar-refractivity contribution in [2.24, 2.45) is 0 Å². The quantitative estimate of drug-likeness (QED) is 0.631. The van der Waals surface area contributed by atoms with Crippen LogP contribution in [0.5, 0.6) is 0 Å². The van der Waals surface area contributed by atoms with Crippen LogP contribution in [0.1, 0.15) is 17.0 Å². The fourth-order valence-electron chi connectivity index (χ4n) is 3.22. The number of benzene rings is 1. The van der Waals surface area contributed by atoms with Gasteiger partial charge in [0.2, 0.25) is 5.91 Å². The first-order valence-electron chi connectivity index (χ1n) is 9.20. The standard InChI is InChI=1S/C20H27N5OS/c1-14-11-17(5-6-18(14)25-9-7-24(4)8-10-25)23-19(26)13-27-20-21-15(2)12-16(3)22-20/h5-6,11-12H,7-10,13H2,1-4H3,(H,23,26). The van der Waals surface area contributed by atoms with Crippen molar-refractivity contribution in [2.45, 2.75) is 25.9 Å². The average Bonchev–Trinajstić information content (AvgIpc) is 2.60. The first-order chi connectivity index (χ1) is 12.9. The summed E-state index contributed by atoms with van der Waals surface area (Å²) in [7, 11) is 2.16. The summed E-state index contributed by atoms with van der Waals surface area (Å²) in [6.07, 6.45) is 0. The van der Waals surface area contributed by atoms with Crippen LogP contribution in [0.15, 0.2) is 29.4 Å². The number of nitrogens with one attached hydrogen (secondary N) is 1. The van der Waals surface area contributed by atoms with E-state index in [1.54, 1.807) is 0 Å². The van der Waals surface area contributed by atoms with Crippen LogP contribution in [0.4, 0.5) is 11.4 Å². The molecule has 144 valence electrons. The van der Waals surface area contributed by atoms with Gasteiger partial charge in [0.1, 0.15) is 0 Å². The minimum Gasteiger partial charge on any atom is -0.369 e. The Bertz CT molecular complexity index is 798. The molecule has 1 saturated heterocycles. The van der Waals surface area contributed by atoms with Crippen LogP contribution < -0.4 is 10.2 Å². The van der Waals surface area contributed by atoms with E-state index in [4.69, 9.17) is 0 Å². The Kier molecular flexibility index (Phi) is 6.34. The number of anilines is 2. The summed E-state index contributed by atoms with van der Waals surface area (Å²) in [5, 5.41) is 3.62. The molecule has 2 heterocycles. The zero-order chi connectivity index (χ0) is 19.4. The van der Waals surface area contributed by atoms with E-state index in [-0.39, 0.29) is 5.91 Å². The van der Waals surface area contributed by atoms with E-state index in [1.807, 2.05) is 32.0 Å². The molecule has 1 N–H and O–H groups in total. The Balaban J connectivity index is 1.57. The van der Waals surface area contributed by atoms with Crippen LogP contribution in [0.3, 0.4) is 0 Å². The second-order valence-corrected chi connectivity index (χ2v) is 8.00. The van der Waals surface area contributed by atoms with Gasteiger partial charge in [-0.15, -0.1) is 0 Å². The van der Waals surface area contributed by atoms with E-state index in [0.29, 0.717) is 10.9 Å². The number of aromatic nitrogens is 2. The predicted molar refractivity (Wildman–Crippen MR) is 112 cm³/mol. The highest BCUT2D eigenvalue weighted by Crippen LogP contribution is 2.25. The van der Waals surface area contributed by atoms with Gasteiger partial charge in [0.25, 0.3) is 0 Å². The molecule has 0 unspecified atom stereocenters. The summed E-state index contributed by atoms with van der Waals surface area (Å²) in [4.78, 5) is 25.8. The lowest BCUT2D eigenvalue weighted by Gasteiger charge is -2.35. The molecule has 0 saturated carbocycles. The molecule has 0 spiro atoms. The molecule has 1 amide bonds. The first kappa shape index (κ1) is 19.6. The molecule has 0 atom stereocenters. The van der Waals surface area contributed by atoms with Gasteiger partial charge < -0.3 is 15.1 Å². The second-order valence-electron chi connectivity index (χ2n) is 7.06. The van der Waals surface area contributed by atoms with Crippen LogP contribution in [0.2, 0.25) is 0 Å². The van der Waals surface area contributed by atoms with Gasteiger partial charge in [0.05, 0.1) is 5.75 Å². The van der Waals surface area contributed by atoms with E-state index < -0.39 is 0 Å². The number of aryl methyl sites for hydroxylation is 3. The Labute approximate surface area is 165 Å². The maximum atomic E-state index is 12.3. The number of nitrogens with zero attached hydrogens (tertiary/aromatic N) is 4. The van der Waals surface area contributed by atoms with E-state index in [1.165, 1.54) is 23.0 Å². The number of thioether (sulfide) groups is 1. The zero-order valence-corrected chi connectivity index (χ0v) is 17.3. The van der Waals surface area contributed by atoms with Gasteiger partial charge in [0, 0.05) is 48.9 Å². The van der Waals surface area contributed by atoms with Crippen molar-refractivity contribution in [3.63, 3.8) is 0 Å². The van der Waals surface area contributed by atoms with Crippen LogP contribution in [-0.4, -0.2) is 59.8 Å². The maximum absolute atomic E-state index is 12.3. The number of hydrogen-bond acceptors (Lipinski definition) is 6. The lowest BCUT2D eigenvalue weighted by atomic mass is 10.1. The van der Waals surface area contributed by atoms with Crippen molar-refractivity contribution in [1.82, 2.24) is 14.9 Å². The zero-order valence-electron chi connectivity index (χ0n) is 16.5. The topological polar surface area (TPSA) is 61.4 Å². The number of piperazine rings is 1. The summed E-state index contributed by atoms with van der Waals surface area (Å²) >= 11 is 1.36. The molecule has 3 rings (SSSR count). The Morgan fingerprint density at radius 1 is 1.07 bits per heavy atom. The Morgan fingerprint density at radius 2 is 1.74 bits per heavy atom. The van der Waals surface area contributed by atoms with Gasteiger partial charge in [-0.1, -0.05) is 11.8 Å². The van der Waals surface area contributed by atoms with Crippen molar-refractivity contribution < 1.29 is 4.79 Å². The van der Waals surface area contributed by atoms with Crippen molar-refractivity contribution >= 4 is 29.0 Å². The SMILES string of the molecule is Cc1cc(C)nc(SCC(=O)Nc2ccc(N3CCN(C)CC3)c(C)c2)n1. The van der Waals surface area contributed by atoms with E-state index in [9.17, 15) is 4.79 Å². The van der Waals surface area contributed by atoms with Gasteiger partial charge in [-0.25, -0.2) is 9.97 Å². The number of rotatable bonds is 5. The predicted octanol–water partition coefficient (Wildman–Crippen LogP) is 2.88. The number of hydrogen-bond donors (Lipinski definition) is 1. The van der Waals surface area contributed by atoms with Crippen LogP contribution in [0, 0.1) is 20.8 Å². The molecule has 0 bridgehead atoms. The molecular formula is C20H27N5OS. The van der Waals surface area contributed by atoms with Crippen LogP contribution in [0.25, 0.3) is 0 Å². The highest BCUT2D eigenvalue weighted by molar-refractivity contribution is 7.99. The number of amides is 1. The molecule has 0 radical (unpaired) electrons. The molecule has 1 aromatic heterocycles. The van der Waals surface area contributed by atoms with Crippen molar-refractivity contribution in [2.75, 3.05) is 49.2 Å². The molecule has 6 nitrogen and oxygen atoms in total. The third kappa shape index (κ3) is 5.43. The maximum Gasteiger partial charge on any atom is 0.234 e. The third-order valence-electron chi connectivity index (χ3n) is 4.62. The molecule has 7 heteroatoms. The van der Waals surface area contributed by atoms with Gasteiger partial charge >= 0.3 is 0 Å². The molecule has 1 aromatic carbocycles. The summed E-state index contributed by atoms with van der Waals surface area (Å²) in [6, 6.07) is 8.06. The van der Waals surface area contributed by atoms with Crippen molar-refractivity contribution in [1.29, 1.82) is 0 Å². The van der Waals surface area contributed by atoms with E-state index in [0.717, 1.165) is 43.3 Å². The monoisotopic (exact) mass is 385 g/mol. The molecule has 0 aliphatic carbocycles. The lowest BCUT2D eigenvalue weighted by Crippen LogP contribution is -2.44. The highest BCUT2D eigenvalue weighted by atomic mass is 32.2. The molecule has 2 aromatic rings. The summed E-state index contributed by atoms with van der Waals surface area (Å²) in [6.45, 7) is 10.2.